The van der Waals surface area contributed by atoms with E-state index in [0.29, 0.717) is 0 Å². The molecule has 0 N–H and O–H groups in total. The Morgan fingerprint density at radius 1 is 1.18 bits per heavy atom. The van der Waals surface area contributed by atoms with Gasteiger partial charge in [0, 0.05) is 0 Å². The second kappa shape index (κ2) is 6.61. The van der Waals surface area contributed by atoms with Crippen LogP contribution in [0.1, 0.15) is 57.6 Å². The van der Waals surface area contributed by atoms with E-state index >= 15 is 0 Å². The molecule has 2 unspecified atom stereocenters. The summed E-state index contributed by atoms with van der Waals surface area (Å²) in [4.78, 5) is 4.16. The van der Waals surface area contributed by atoms with Gasteiger partial charge in [-0.25, -0.2) is 9.67 Å². The highest BCUT2D eigenvalue weighted by molar-refractivity contribution is 5.25. The van der Waals surface area contributed by atoms with Crippen molar-refractivity contribution < 1.29 is 4.74 Å². The van der Waals surface area contributed by atoms with Gasteiger partial charge in [-0.1, -0.05) is 49.6 Å². The van der Waals surface area contributed by atoms with Crippen LogP contribution >= 0.6 is 0 Å². The molecule has 2 atom stereocenters. The van der Waals surface area contributed by atoms with Gasteiger partial charge in [0.05, 0.1) is 12.1 Å². The van der Waals surface area contributed by atoms with Gasteiger partial charge in [0.2, 0.25) is 0 Å². The van der Waals surface area contributed by atoms with E-state index in [1.807, 2.05) is 11.0 Å². The third kappa shape index (κ3) is 2.93. The highest BCUT2D eigenvalue weighted by Gasteiger charge is 2.44. The van der Waals surface area contributed by atoms with Gasteiger partial charge < -0.3 is 4.74 Å². The van der Waals surface area contributed by atoms with Crippen molar-refractivity contribution in [2.45, 2.75) is 63.7 Å². The SMILES string of the molecule is CC(C)OC1(c2ccccc2)CCCCCC1n1cncn1. The molecule has 1 aliphatic carbocycles. The molecule has 0 saturated heterocycles. The van der Waals surface area contributed by atoms with Crippen molar-refractivity contribution in [1.29, 1.82) is 0 Å². The Morgan fingerprint density at radius 2 is 2.00 bits per heavy atom. The molecule has 22 heavy (non-hydrogen) atoms. The summed E-state index contributed by atoms with van der Waals surface area (Å²) in [6.07, 6.45) is 9.37. The van der Waals surface area contributed by atoms with Gasteiger partial charge >= 0.3 is 0 Å². The largest absolute Gasteiger partial charge is 0.365 e. The second-order valence-corrected chi connectivity index (χ2v) is 6.41. The van der Waals surface area contributed by atoms with E-state index in [1.54, 1.807) is 6.33 Å². The van der Waals surface area contributed by atoms with E-state index in [9.17, 15) is 0 Å². The van der Waals surface area contributed by atoms with E-state index in [4.69, 9.17) is 4.74 Å². The monoisotopic (exact) mass is 299 g/mol. The molecule has 1 saturated carbocycles. The van der Waals surface area contributed by atoms with Crippen molar-refractivity contribution in [2.24, 2.45) is 0 Å². The van der Waals surface area contributed by atoms with Crippen LogP contribution in [0.15, 0.2) is 43.0 Å². The lowest BCUT2D eigenvalue weighted by Crippen LogP contribution is -2.41. The van der Waals surface area contributed by atoms with E-state index in [0.717, 1.165) is 12.8 Å². The summed E-state index contributed by atoms with van der Waals surface area (Å²) in [6, 6.07) is 10.8. The molecule has 1 aliphatic rings. The zero-order valence-corrected chi connectivity index (χ0v) is 13.5. The van der Waals surface area contributed by atoms with Crippen molar-refractivity contribution in [3.05, 3.63) is 48.5 Å². The first kappa shape index (κ1) is 15.2. The third-order valence-corrected chi connectivity index (χ3v) is 4.53. The second-order valence-electron chi connectivity index (χ2n) is 6.41. The minimum atomic E-state index is -0.320. The molecular formula is C18H25N3O. The lowest BCUT2D eigenvalue weighted by atomic mass is 9.82. The number of hydrogen-bond donors (Lipinski definition) is 0. The molecular weight excluding hydrogens is 274 g/mol. The van der Waals surface area contributed by atoms with Gasteiger partial charge in [0.25, 0.3) is 0 Å². The van der Waals surface area contributed by atoms with E-state index < -0.39 is 0 Å². The average molecular weight is 299 g/mol. The molecule has 1 heterocycles. The Bertz CT molecular complexity index is 567. The normalized spacial score (nSPS) is 26.0. The van der Waals surface area contributed by atoms with Crippen LogP contribution in [0.2, 0.25) is 0 Å². The van der Waals surface area contributed by atoms with E-state index in [1.165, 1.54) is 24.8 Å². The van der Waals surface area contributed by atoms with Crippen LogP contribution in [0.3, 0.4) is 0 Å². The number of nitrogens with zero attached hydrogens (tertiary/aromatic N) is 3. The van der Waals surface area contributed by atoms with Crippen LogP contribution in [0.4, 0.5) is 0 Å². The standard InChI is InChI=1S/C18H25N3O/c1-15(2)22-18(16-9-5-3-6-10-16)12-8-4-7-11-17(18)21-14-19-13-20-21/h3,5-6,9-10,13-15,17H,4,7-8,11-12H2,1-2H3. The quantitative estimate of drug-likeness (QED) is 0.798. The number of benzene rings is 1. The zero-order chi connectivity index (χ0) is 15.4. The highest BCUT2D eigenvalue weighted by atomic mass is 16.5. The molecule has 0 aliphatic heterocycles. The Kier molecular flexibility index (Phi) is 4.57. The summed E-state index contributed by atoms with van der Waals surface area (Å²) < 4.78 is 8.59. The fourth-order valence-corrected chi connectivity index (χ4v) is 3.71. The van der Waals surface area contributed by atoms with Crippen molar-refractivity contribution in [2.75, 3.05) is 0 Å². The predicted molar refractivity (Wildman–Crippen MR) is 86.5 cm³/mol. The molecule has 1 aromatic carbocycles. The number of hydrogen-bond acceptors (Lipinski definition) is 3. The first-order valence-electron chi connectivity index (χ1n) is 8.30. The van der Waals surface area contributed by atoms with Crippen molar-refractivity contribution in [3.8, 4) is 0 Å². The molecule has 118 valence electrons. The number of aromatic nitrogens is 3. The highest BCUT2D eigenvalue weighted by Crippen LogP contribution is 2.46. The molecule has 4 heteroatoms. The molecule has 0 radical (unpaired) electrons. The van der Waals surface area contributed by atoms with Gasteiger partial charge in [-0.05, 0) is 32.3 Å². The summed E-state index contributed by atoms with van der Waals surface area (Å²) in [5, 5.41) is 4.44. The van der Waals surface area contributed by atoms with Gasteiger partial charge in [0.1, 0.15) is 18.3 Å². The summed E-state index contributed by atoms with van der Waals surface area (Å²) in [6.45, 7) is 4.24. The average Bonchev–Trinajstić information content (AvgIpc) is 2.96. The van der Waals surface area contributed by atoms with Crippen molar-refractivity contribution >= 4 is 0 Å². The van der Waals surface area contributed by atoms with Gasteiger partial charge in [-0.15, -0.1) is 0 Å². The Balaban J connectivity index is 2.10. The van der Waals surface area contributed by atoms with Crippen LogP contribution in [0.5, 0.6) is 0 Å². The van der Waals surface area contributed by atoms with E-state index in [-0.39, 0.29) is 17.7 Å². The lowest BCUT2D eigenvalue weighted by Gasteiger charge is -2.41. The molecule has 0 amide bonds. The molecule has 4 nitrogen and oxygen atoms in total. The first-order valence-corrected chi connectivity index (χ1v) is 8.30. The van der Waals surface area contributed by atoms with Crippen LogP contribution in [0.25, 0.3) is 0 Å². The summed E-state index contributed by atoms with van der Waals surface area (Å²) in [5.41, 5.74) is 0.936. The maximum absolute atomic E-state index is 6.59. The Hall–Kier alpha value is -1.68. The van der Waals surface area contributed by atoms with Crippen LogP contribution in [-0.4, -0.2) is 20.9 Å². The van der Waals surface area contributed by atoms with Gasteiger partial charge in [0.15, 0.2) is 0 Å². The molecule has 1 fully saturated rings. The van der Waals surface area contributed by atoms with Gasteiger partial charge in [-0.3, -0.25) is 0 Å². The topological polar surface area (TPSA) is 39.9 Å². The predicted octanol–water partition coefficient (Wildman–Crippen LogP) is 4.10. The number of rotatable bonds is 4. The smallest absolute Gasteiger partial charge is 0.137 e. The maximum Gasteiger partial charge on any atom is 0.137 e. The fraction of sp³-hybridized carbons (Fsp3) is 0.556. The fourth-order valence-electron chi connectivity index (χ4n) is 3.71. The Morgan fingerprint density at radius 3 is 2.68 bits per heavy atom. The van der Waals surface area contributed by atoms with Crippen molar-refractivity contribution in [3.63, 3.8) is 0 Å². The van der Waals surface area contributed by atoms with Gasteiger partial charge in [-0.2, -0.15) is 5.10 Å². The molecule has 0 bridgehead atoms. The first-order chi connectivity index (χ1) is 10.7. The Labute approximate surface area is 132 Å². The summed E-state index contributed by atoms with van der Waals surface area (Å²) in [7, 11) is 0. The zero-order valence-electron chi connectivity index (χ0n) is 13.5. The molecule has 2 aromatic rings. The lowest BCUT2D eigenvalue weighted by molar-refractivity contribution is -0.125. The third-order valence-electron chi connectivity index (χ3n) is 4.53. The minimum Gasteiger partial charge on any atom is -0.365 e. The van der Waals surface area contributed by atoms with Crippen molar-refractivity contribution in [1.82, 2.24) is 14.8 Å². The number of ether oxygens (including phenoxy) is 1. The maximum atomic E-state index is 6.59. The van der Waals surface area contributed by atoms with Crippen LogP contribution in [0, 0.1) is 0 Å². The molecule has 3 rings (SSSR count). The van der Waals surface area contributed by atoms with Crippen LogP contribution < -0.4 is 0 Å². The van der Waals surface area contributed by atoms with E-state index in [2.05, 4.69) is 54.3 Å². The molecule has 0 spiro atoms. The molecule has 1 aromatic heterocycles. The minimum absolute atomic E-state index is 0.171. The van der Waals surface area contributed by atoms with Crippen LogP contribution in [-0.2, 0) is 10.3 Å². The summed E-state index contributed by atoms with van der Waals surface area (Å²) >= 11 is 0. The summed E-state index contributed by atoms with van der Waals surface area (Å²) in [5.74, 6) is 0.